The summed E-state index contributed by atoms with van der Waals surface area (Å²) in [7, 11) is 4.46. The van der Waals surface area contributed by atoms with Gasteiger partial charge in [0.05, 0.1) is 45.1 Å². The number of amides is 1. The zero-order valence-corrected chi connectivity index (χ0v) is 21.9. The van der Waals surface area contributed by atoms with Gasteiger partial charge in [0.25, 0.3) is 0 Å². The number of methoxy groups -OCH3 is 3. The predicted octanol–water partition coefficient (Wildman–Crippen LogP) is 4.69. The van der Waals surface area contributed by atoms with E-state index in [1.165, 1.54) is 31.0 Å². The highest BCUT2D eigenvalue weighted by Gasteiger charge is 2.42. The number of aliphatic imine (C=N–C) groups is 1. The monoisotopic (exact) mass is 525 g/mol. The molecule has 1 amide bonds. The summed E-state index contributed by atoms with van der Waals surface area (Å²) in [4.78, 5) is 32.6. The summed E-state index contributed by atoms with van der Waals surface area (Å²) in [5.74, 6) is 0.0859. The Morgan fingerprint density at radius 2 is 1.86 bits per heavy atom. The van der Waals surface area contributed by atoms with Crippen molar-refractivity contribution in [1.29, 1.82) is 0 Å². The van der Waals surface area contributed by atoms with Gasteiger partial charge in [0.15, 0.2) is 5.17 Å². The van der Waals surface area contributed by atoms with Gasteiger partial charge in [0.1, 0.15) is 17.3 Å². The largest absolute Gasteiger partial charge is 0.497 e. The fraction of sp³-hybridized carbons (Fsp3) is 0.296. The Morgan fingerprint density at radius 1 is 1.11 bits per heavy atom. The number of allylic oxidation sites excluding steroid dienone is 1. The number of benzene rings is 2. The summed E-state index contributed by atoms with van der Waals surface area (Å²) in [6, 6.07) is 10.7. The molecule has 2 heterocycles. The Hall–Kier alpha value is -3.79. The molecule has 2 aromatic carbocycles. The first-order chi connectivity index (χ1) is 17.9. The van der Waals surface area contributed by atoms with Crippen LogP contribution < -0.4 is 14.8 Å². The van der Waals surface area contributed by atoms with E-state index >= 15 is 0 Å². The molecule has 4 rings (SSSR count). The molecule has 0 bridgehead atoms. The number of hydrogen-bond acceptors (Lipinski definition) is 8. The molecule has 0 fully saturated rings. The van der Waals surface area contributed by atoms with E-state index in [4.69, 9.17) is 19.2 Å². The van der Waals surface area contributed by atoms with Crippen LogP contribution in [0.4, 0.5) is 4.39 Å². The quantitative estimate of drug-likeness (QED) is 0.475. The van der Waals surface area contributed by atoms with Crippen molar-refractivity contribution < 1.29 is 28.2 Å². The molecule has 194 valence electrons. The minimum Gasteiger partial charge on any atom is -0.497 e. The number of fused-ring (bicyclic) bond motifs is 1. The lowest BCUT2D eigenvalue weighted by Gasteiger charge is -2.37. The summed E-state index contributed by atoms with van der Waals surface area (Å²) in [5, 5.41) is 5.39. The SMILES string of the molecule is CCC1=C(C(=O)OC)[C@@H](c2cc(OC)ccc2OC)N2C(CC(=O)NCc3ccc(F)cc3)=CSC2=N1. The van der Waals surface area contributed by atoms with Crippen LogP contribution >= 0.6 is 11.8 Å². The molecule has 0 saturated carbocycles. The van der Waals surface area contributed by atoms with Crippen molar-refractivity contribution in [1.82, 2.24) is 10.2 Å². The molecule has 2 aliphatic heterocycles. The van der Waals surface area contributed by atoms with Crippen molar-refractivity contribution in [3.05, 3.63) is 81.8 Å². The molecule has 2 aliphatic rings. The van der Waals surface area contributed by atoms with Crippen molar-refractivity contribution in [2.24, 2.45) is 4.99 Å². The van der Waals surface area contributed by atoms with E-state index in [1.54, 1.807) is 38.5 Å². The first kappa shape index (κ1) is 26.3. The van der Waals surface area contributed by atoms with E-state index in [-0.39, 0.29) is 24.7 Å². The number of esters is 1. The average Bonchev–Trinajstić information content (AvgIpc) is 3.32. The van der Waals surface area contributed by atoms with Crippen LogP contribution in [0.3, 0.4) is 0 Å². The number of thioether (sulfide) groups is 1. The fourth-order valence-electron chi connectivity index (χ4n) is 4.29. The lowest BCUT2D eigenvalue weighted by molar-refractivity contribution is -0.136. The summed E-state index contributed by atoms with van der Waals surface area (Å²) >= 11 is 1.39. The highest BCUT2D eigenvalue weighted by atomic mass is 32.2. The molecule has 2 aromatic rings. The number of halogens is 1. The second-order valence-electron chi connectivity index (χ2n) is 8.29. The van der Waals surface area contributed by atoms with Crippen LogP contribution in [0.1, 0.15) is 36.9 Å². The molecule has 10 heteroatoms. The van der Waals surface area contributed by atoms with E-state index in [2.05, 4.69) is 5.32 Å². The van der Waals surface area contributed by atoms with E-state index in [9.17, 15) is 14.0 Å². The van der Waals surface area contributed by atoms with Gasteiger partial charge in [-0.15, -0.1) is 0 Å². The Kier molecular flexibility index (Phi) is 8.17. The number of ether oxygens (including phenoxy) is 3. The van der Waals surface area contributed by atoms with Crippen molar-refractivity contribution in [3.8, 4) is 11.5 Å². The number of carbonyl (C=O) groups excluding carboxylic acids is 2. The highest BCUT2D eigenvalue weighted by Crippen LogP contribution is 2.48. The van der Waals surface area contributed by atoms with Gasteiger partial charge in [-0.1, -0.05) is 30.8 Å². The smallest absolute Gasteiger partial charge is 0.338 e. The number of nitrogens with one attached hydrogen (secondary N) is 1. The molecule has 1 atom stereocenters. The van der Waals surface area contributed by atoms with E-state index in [1.807, 2.05) is 23.3 Å². The molecule has 0 aliphatic carbocycles. The lowest BCUT2D eigenvalue weighted by atomic mass is 9.92. The maximum absolute atomic E-state index is 13.2. The zero-order chi connectivity index (χ0) is 26.5. The zero-order valence-electron chi connectivity index (χ0n) is 21.0. The Morgan fingerprint density at radius 3 is 2.51 bits per heavy atom. The van der Waals surface area contributed by atoms with Gasteiger partial charge in [-0.2, -0.15) is 0 Å². The first-order valence-corrected chi connectivity index (χ1v) is 12.6. The normalized spacial score (nSPS) is 16.6. The average molecular weight is 526 g/mol. The second kappa shape index (κ2) is 11.5. The molecule has 0 radical (unpaired) electrons. The minimum absolute atomic E-state index is 0.0475. The maximum Gasteiger partial charge on any atom is 0.338 e. The van der Waals surface area contributed by atoms with Crippen LogP contribution in [0.25, 0.3) is 0 Å². The van der Waals surface area contributed by atoms with Crippen LogP contribution in [-0.4, -0.2) is 43.3 Å². The van der Waals surface area contributed by atoms with Gasteiger partial charge in [-0.05, 0) is 47.7 Å². The molecule has 0 aromatic heterocycles. The van der Waals surface area contributed by atoms with Crippen LogP contribution in [0, 0.1) is 5.82 Å². The van der Waals surface area contributed by atoms with Crippen molar-refractivity contribution in [3.63, 3.8) is 0 Å². The molecular formula is C27H28FN3O5S. The van der Waals surface area contributed by atoms with Crippen LogP contribution in [-0.2, 0) is 20.9 Å². The fourth-order valence-corrected chi connectivity index (χ4v) is 5.23. The van der Waals surface area contributed by atoms with E-state index in [0.29, 0.717) is 45.6 Å². The summed E-state index contributed by atoms with van der Waals surface area (Å²) in [5.41, 5.74) is 3.12. The third-order valence-electron chi connectivity index (χ3n) is 6.11. The summed E-state index contributed by atoms with van der Waals surface area (Å²) < 4.78 is 29.5. The predicted molar refractivity (Wildman–Crippen MR) is 139 cm³/mol. The molecule has 0 saturated heterocycles. The topological polar surface area (TPSA) is 89.5 Å². The van der Waals surface area contributed by atoms with Crippen LogP contribution in [0.15, 0.2) is 69.8 Å². The minimum atomic E-state index is -0.647. The summed E-state index contributed by atoms with van der Waals surface area (Å²) in [6.45, 7) is 2.19. The molecule has 37 heavy (non-hydrogen) atoms. The van der Waals surface area contributed by atoms with E-state index < -0.39 is 12.0 Å². The highest BCUT2D eigenvalue weighted by molar-refractivity contribution is 8.16. The van der Waals surface area contributed by atoms with Gasteiger partial charge in [0, 0.05) is 17.8 Å². The second-order valence-corrected chi connectivity index (χ2v) is 9.12. The number of hydrogen-bond donors (Lipinski definition) is 1. The van der Waals surface area contributed by atoms with Gasteiger partial charge >= 0.3 is 5.97 Å². The number of carbonyl (C=O) groups is 2. The van der Waals surface area contributed by atoms with Crippen molar-refractivity contribution in [2.45, 2.75) is 32.4 Å². The number of amidine groups is 1. The lowest BCUT2D eigenvalue weighted by Crippen LogP contribution is -2.38. The standard InChI is InChI=1S/C27H28FN3O5S/c1-5-21-24(26(33)36-4)25(20-13-19(34-2)10-11-22(20)35-3)31-18(15-37-27(31)30-21)12-23(32)29-14-16-6-8-17(28)9-7-16/h6-11,13,15,25H,5,12,14H2,1-4H3,(H,29,32)/t25-/m1/s1. The van der Waals surface area contributed by atoms with Crippen molar-refractivity contribution in [2.75, 3.05) is 21.3 Å². The summed E-state index contributed by atoms with van der Waals surface area (Å²) in [6.07, 6.45) is 0.560. The molecule has 0 unspecified atom stereocenters. The number of rotatable bonds is 9. The molecule has 0 spiro atoms. The first-order valence-electron chi connectivity index (χ1n) is 11.7. The molecular weight excluding hydrogens is 497 g/mol. The maximum atomic E-state index is 13.2. The van der Waals surface area contributed by atoms with E-state index in [0.717, 1.165) is 5.56 Å². The Labute approximate surface area is 219 Å². The van der Waals surface area contributed by atoms with Gasteiger partial charge in [0.2, 0.25) is 5.91 Å². The third kappa shape index (κ3) is 5.48. The van der Waals surface area contributed by atoms with Gasteiger partial charge in [-0.25, -0.2) is 14.2 Å². The van der Waals surface area contributed by atoms with Crippen LogP contribution in [0.5, 0.6) is 11.5 Å². The van der Waals surface area contributed by atoms with Crippen molar-refractivity contribution >= 4 is 28.8 Å². The Balaban J connectivity index is 1.69. The van der Waals surface area contributed by atoms with Gasteiger partial charge < -0.3 is 24.4 Å². The molecule has 8 nitrogen and oxygen atoms in total. The number of nitrogens with zero attached hydrogens (tertiary/aromatic N) is 2. The van der Waals surface area contributed by atoms with Gasteiger partial charge in [-0.3, -0.25) is 4.79 Å². The molecule has 1 N–H and O–H groups in total. The third-order valence-corrected chi connectivity index (χ3v) is 6.99. The van der Waals surface area contributed by atoms with Crippen LogP contribution in [0.2, 0.25) is 0 Å². The Bertz CT molecular complexity index is 1290.